The molecule has 1 aromatic heterocycles. The zero-order chi connectivity index (χ0) is 17.8. The zero-order valence-corrected chi connectivity index (χ0v) is 14.6. The summed E-state index contributed by atoms with van der Waals surface area (Å²) in [6.07, 6.45) is 0. The van der Waals surface area contributed by atoms with Crippen LogP contribution in [-0.2, 0) is 4.79 Å². The summed E-state index contributed by atoms with van der Waals surface area (Å²) in [6, 6.07) is 13.0. The van der Waals surface area contributed by atoms with Crippen molar-refractivity contribution in [2.45, 2.75) is 17.4 Å². The Morgan fingerprint density at radius 3 is 2.80 bits per heavy atom. The van der Waals surface area contributed by atoms with Crippen molar-refractivity contribution < 1.29 is 13.6 Å². The molecule has 3 aromatic rings. The largest absolute Gasteiger partial charge is 0.411 e. The summed E-state index contributed by atoms with van der Waals surface area (Å²) in [6.45, 7) is 1.71. The molecular formula is C17H13ClFN3O2S. The van der Waals surface area contributed by atoms with Crippen molar-refractivity contribution >= 4 is 35.0 Å². The van der Waals surface area contributed by atoms with E-state index in [4.69, 9.17) is 16.0 Å². The van der Waals surface area contributed by atoms with E-state index < -0.39 is 11.1 Å². The van der Waals surface area contributed by atoms with Gasteiger partial charge in [0.15, 0.2) is 0 Å². The van der Waals surface area contributed by atoms with Crippen LogP contribution in [0.5, 0.6) is 0 Å². The molecule has 0 radical (unpaired) electrons. The summed E-state index contributed by atoms with van der Waals surface area (Å²) in [4.78, 5) is 12.2. The number of carbonyl (C=O) groups excluding carboxylic acids is 1. The van der Waals surface area contributed by atoms with Crippen LogP contribution in [0.25, 0.3) is 11.5 Å². The predicted molar refractivity (Wildman–Crippen MR) is 95.1 cm³/mol. The molecule has 0 aliphatic rings. The number of benzene rings is 2. The summed E-state index contributed by atoms with van der Waals surface area (Å²) in [5, 5.41) is 10.7. The van der Waals surface area contributed by atoms with Gasteiger partial charge < -0.3 is 9.73 Å². The second-order valence-electron chi connectivity index (χ2n) is 5.11. The van der Waals surface area contributed by atoms with Crippen molar-refractivity contribution in [3.8, 4) is 11.5 Å². The third kappa shape index (κ3) is 4.37. The van der Waals surface area contributed by atoms with Crippen LogP contribution >= 0.6 is 23.4 Å². The molecule has 0 saturated carbocycles. The van der Waals surface area contributed by atoms with Crippen molar-refractivity contribution in [1.82, 2.24) is 10.2 Å². The maximum atomic E-state index is 13.7. The average molecular weight is 378 g/mol. The number of thioether (sulfide) groups is 1. The van der Waals surface area contributed by atoms with Crippen LogP contribution in [0.15, 0.2) is 58.2 Å². The molecule has 0 fully saturated rings. The monoisotopic (exact) mass is 377 g/mol. The molecule has 1 amide bonds. The van der Waals surface area contributed by atoms with Crippen molar-refractivity contribution in [1.29, 1.82) is 0 Å². The Kier molecular flexibility index (Phi) is 5.35. The average Bonchev–Trinajstić information content (AvgIpc) is 3.03. The fraction of sp³-hybridized carbons (Fsp3) is 0.118. The van der Waals surface area contributed by atoms with Crippen LogP contribution in [0.4, 0.5) is 10.1 Å². The minimum Gasteiger partial charge on any atom is -0.411 e. The fourth-order valence-corrected chi connectivity index (χ4v) is 2.89. The summed E-state index contributed by atoms with van der Waals surface area (Å²) in [5.41, 5.74) is 0.820. The third-order valence-electron chi connectivity index (χ3n) is 3.25. The van der Waals surface area contributed by atoms with Gasteiger partial charge in [0.2, 0.25) is 5.91 Å². The lowest BCUT2D eigenvalue weighted by Gasteiger charge is -2.09. The number of hydrogen-bond acceptors (Lipinski definition) is 5. The Balaban J connectivity index is 1.66. The van der Waals surface area contributed by atoms with Gasteiger partial charge in [-0.05, 0) is 37.3 Å². The van der Waals surface area contributed by atoms with Gasteiger partial charge in [-0.3, -0.25) is 4.79 Å². The molecule has 0 aliphatic carbocycles. The molecular weight excluding hydrogens is 365 g/mol. The molecule has 128 valence electrons. The van der Waals surface area contributed by atoms with Gasteiger partial charge in [-0.2, -0.15) is 0 Å². The quantitative estimate of drug-likeness (QED) is 0.655. The van der Waals surface area contributed by atoms with Crippen LogP contribution in [0.3, 0.4) is 0 Å². The van der Waals surface area contributed by atoms with E-state index in [0.717, 1.165) is 11.8 Å². The van der Waals surface area contributed by atoms with E-state index >= 15 is 0 Å². The Hall–Kier alpha value is -2.38. The lowest BCUT2D eigenvalue weighted by molar-refractivity contribution is -0.115. The fourth-order valence-electron chi connectivity index (χ4n) is 2.02. The standard InChI is InChI=1S/C17H13ClFN3O2S/c1-10(15(23)20-12-6-4-5-11(18)9-12)25-17-22-21-16(24-17)13-7-2-3-8-14(13)19/h2-10H,1H3,(H,20,23)/t10-/m1/s1. The van der Waals surface area contributed by atoms with Crippen LogP contribution < -0.4 is 5.32 Å². The number of hydrogen-bond donors (Lipinski definition) is 1. The number of anilines is 1. The van der Waals surface area contributed by atoms with Crippen molar-refractivity contribution in [2.24, 2.45) is 0 Å². The van der Waals surface area contributed by atoms with Gasteiger partial charge in [0, 0.05) is 10.7 Å². The van der Waals surface area contributed by atoms with Crippen LogP contribution in [0.1, 0.15) is 6.92 Å². The van der Waals surface area contributed by atoms with E-state index in [9.17, 15) is 9.18 Å². The highest BCUT2D eigenvalue weighted by atomic mass is 35.5. The summed E-state index contributed by atoms with van der Waals surface area (Å²) in [7, 11) is 0. The Labute approximate surface area is 152 Å². The molecule has 0 spiro atoms. The molecule has 0 saturated heterocycles. The Morgan fingerprint density at radius 2 is 2.04 bits per heavy atom. The van der Waals surface area contributed by atoms with Crippen LogP contribution in [0, 0.1) is 5.82 Å². The number of amides is 1. The number of nitrogens with one attached hydrogen (secondary N) is 1. The SMILES string of the molecule is C[C@@H](Sc1nnc(-c2ccccc2F)o1)C(=O)Nc1cccc(Cl)c1. The highest BCUT2D eigenvalue weighted by molar-refractivity contribution is 8.00. The lowest BCUT2D eigenvalue weighted by atomic mass is 10.2. The van der Waals surface area contributed by atoms with E-state index in [0.29, 0.717) is 10.7 Å². The Bertz CT molecular complexity index is 903. The number of halogens is 2. The highest BCUT2D eigenvalue weighted by Gasteiger charge is 2.19. The van der Waals surface area contributed by atoms with E-state index in [-0.39, 0.29) is 22.6 Å². The smallest absolute Gasteiger partial charge is 0.277 e. The minimum absolute atomic E-state index is 0.0723. The van der Waals surface area contributed by atoms with Crippen LogP contribution in [-0.4, -0.2) is 21.4 Å². The van der Waals surface area contributed by atoms with Gasteiger partial charge in [0.05, 0.1) is 10.8 Å². The summed E-state index contributed by atoms with van der Waals surface area (Å²) in [5.74, 6) is -0.615. The highest BCUT2D eigenvalue weighted by Crippen LogP contribution is 2.28. The maximum Gasteiger partial charge on any atom is 0.277 e. The van der Waals surface area contributed by atoms with Gasteiger partial charge in [-0.1, -0.05) is 41.6 Å². The van der Waals surface area contributed by atoms with E-state index in [1.807, 2.05) is 0 Å². The maximum absolute atomic E-state index is 13.7. The first-order valence-corrected chi connectivity index (χ1v) is 8.60. The van der Waals surface area contributed by atoms with Gasteiger partial charge >= 0.3 is 0 Å². The molecule has 25 heavy (non-hydrogen) atoms. The number of rotatable bonds is 5. The first-order chi connectivity index (χ1) is 12.0. The first kappa shape index (κ1) is 17.4. The molecule has 1 atom stereocenters. The molecule has 0 aliphatic heterocycles. The first-order valence-electron chi connectivity index (χ1n) is 7.34. The van der Waals surface area contributed by atoms with E-state index in [1.54, 1.807) is 49.4 Å². The van der Waals surface area contributed by atoms with Crippen molar-refractivity contribution in [2.75, 3.05) is 5.32 Å². The molecule has 8 heteroatoms. The van der Waals surface area contributed by atoms with E-state index in [1.165, 1.54) is 6.07 Å². The Morgan fingerprint density at radius 1 is 1.24 bits per heavy atom. The molecule has 3 rings (SSSR count). The van der Waals surface area contributed by atoms with Crippen molar-refractivity contribution in [3.63, 3.8) is 0 Å². The number of nitrogens with zero attached hydrogens (tertiary/aromatic N) is 2. The number of aromatic nitrogens is 2. The van der Waals surface area contributed by atoms with Gasteiger partial charge in [-0.15, -0.1) is 10.2 Å². The minimum atomic E-state index is -0.493. The van der Waals surface area contributed by atoms with Gasteiger partial charge in [0.1, 0.15) is 5.82 Å². The predicted octanol–water partition coefficient (Wildman–Crippen LogP) is 4.65. The molecule has 2 aromatic carbocycles. The third-order valence-corrected chi connectivity index (χ3v) is 4.42. The normalized spacial score (nSPS) is 12.0. The summed E-state index contributed by atoms with van der Waals surface area (Å²) < 4.78 is 19.2. The number of carbonyl (C=O) groups is 1. The lowest BCUT2D eigenvalue weighted by Crippen LogP contribution is -2.22. The van der Waals surface area contributed by atoms with Crippen LogP contribution in [0.2, 0.25) is 5.02 Å². The van der Waals surface area contributed by atoms with Gasteiger partial charge in [0.25, 0.3) is 11.1 Å². The molecule has 5 nitrogen and oxygen atoms in total. The van der Waals surface area contributed by atoms with E-state index in [2.05, 4.69) is 15.5 Å². The van der Waals surface area contributed by atoms with Crippen molar-refractivity contribution in [3.05, 3.63) is 59.4 Å². The molecule has 0 unspecified atom stereocenters. The second kappa shape index (κ2) is 7.67. The molecule has 1 N–H and O–H groups in total. The molecule has 1 heterocycles. The zero-order valence-electron chi connectivity index (χ0n) is 13.1. The topological polar surface area (TPSA) is 68.0 Å². The summed E-state index contributed by atoms with van der Waals surface area (Å²) >= 11 is 6.98. The van der Waals surface area contributed by atoms with Gasteiger partial charge in [-0.25, -0.2) is 4.39 Å². The second-order valence-corrected chi connectivity index (χ2v) is 6.84. The molecule has 0 bridgehead atoms.